The number of carboxylic acid groups (broad SMARTS) is 1. The number of phenolic OH excluding ortho intramolecular Hbond substituents is 1. The van der Waals surface area contributed by atoms with E-state index in [0.717, 1.165) is 6.07 Å². The third-order valence-corrected chi connectivity index (χ3v) is 5.84. The Morgan fingerprint density at radius 1 is 1.39 bits per heavy atom. The van der Waals surface area contributed by atoms with Crippen LogP contribution in [0.25, 0.3) is 0 Å². The van der Waals surface area contributed by atoms with Crippen LogP contribution < -0.4 is 39.4 Å². The second kappa shape index (κ2) is 7.97. The Labute approximate surface area is 181 Å². The smallest absolute Gasteiger partial charge is 0.544 e. The number of phenols is 1. The van der Waals surface area contributed by atoms with Gasteiger partial charge in [-0.1, -0.05) is 6.07 Å². The largest absolute Gasteiger partial charge is 1.00 e. The molecule has 0 bridgehead atoms. The van der Waals surface area contributed by atoms with Crippen molar-refractivity contribution in [3.8, 4) is 5.75 Å². The zero-order chi connectivity index (χ0) is 20.0. The number of hydroxylamine groups is 2. The van der Waals surface area contributed by atoms with E-state index in [1.807, 2.05) is 0 Å². The number of amides is 1. The number of hydrogen-bond acceptors (Lipinski definition) is 9. The molecule has 0 saturated carbocycles. The van der Waals surface area contributed by atoms with Gasteiger partial charge in [0, 0.05) is 12.5 Å². The number of hydrogen-bond donors (Lipinski definition) is 2. The van der Waals surface area contributed by atoms with Crippen molar-refractivity contribution >= 4 is 27.9 Å². The number of nitrogens with one attached hydrogen (secondary N) is 1. The van der Waals surface area contributed by atoms with Gasteiger partial charge >= 0.3 is 35.5 Å². The van der Waals surface area contributed by atoms with E-state index in [-0.39, 0.29) is 53.0 Å². The van der Waals surface area contributed by atoms with Gasteiger partial charge in [0.15, 0.2) is 0 Å². The predicted molar refractivity (Wildman–Crippen MR) is 82.8 cm³/mol. The molecule has 1 unspecified atom stereocenters. The number of carboxylic acids is 1. The van der Waals surface area contributed by atoms with Gasteiger partial charge in [0.1, 0.15) is 24.4 Å². The van der Waals surface area contributed by atoms with Crippen LogP contribution in [0.2, 0.25) is 0 Å². The summed E-state index contributed by atoms with van der Waals surface area (Å²) in [5.41, 5.74) is -2.12. The molecule has 0 spiro atoms. The molecule has 2 aliphatic rings. The number of ether oxygens (including phenoxy) is 1. The number of benzene rings is 1. The molecule has 2 fully saturated rings. The summed E-state index contributed by atoms with van der Waals surface area (Å²) in [6, 6.07) is 2.24. The summed E-state index contributed by atoms with van der Waals surface area (Å²) < 4.78 is 31.9. The van der Waals surface area contributed by atoms with E-state index < -0.39 is 46.2 Å². The van der Waals surface area contributed by atoms with Crippen LogP contribution in [0.1, 0.15) is 18.4 Å². The predicted octanol–water partition coefficient (Wildman–Crippen LogP) is -5.09. The number of carbonyl (C=O) groups is 3. The van der Waals surface area contributed by atoms with E-state index in [9.17, 15) is 33.0 Å². The van der Waals surface area contributed by atoms with Gasteiger partial charge in [0.2, 0.25) is 10.0 Å². The standard InChI is InChI=1S/C15H16N2O9S.Na/c1-8-2-3-9(18)6-11(8)27(23,24)16-10-7-25-17(13(10)20)15(14(21)22)5-4-12(19)26-15;/h2-3,6,10,16,18H,4-5,7H2,1H3,(H,21,22);/q;+1/p-1/t10-,15?;/m0./s1. The molecule has 2 aliphatic heterocycles. The van der Waals surface area contributed by atoms with Crippen LogP contribution in [0.4, 0.5) is 0 Å². The van der Waals surface area contributed by atoms with Crippen LogP contribution in [0.15, 0.2) is 23.1 Å². The van der Waals surface area contributed by atoms with E-state index in [2.05, 4.69) is 4.72 Å². The molecule has 1 aromatic rings. The Bertz CT molecular complexity index is 935. The Balaban J connectivity index is 0.00000280. The summed E-state index contributed by atoms with van der Waals surface area (Å²) in [5, 5.41) is 21.3. The second-order valence-corrected chi connectivity index (χ2v) is 7.78. The number of cyclic esters (lactones) is 1. The zero-order valence-electron chi connectivity index (χ0n) is 15.0. The van der Waals surface area contributed by atoms with Gasteiger partial charge < -0.3 is 19.7 Å². The van der Waals surface area contributed by atoms with Crippen molar-refractivity contribution in [3.63, 3.8) is 0 Å². The molecule has 3 rings (SSSR count). The van der Waals surface area contributed by atoms with Crippen LogP contribution in [-0.4, -0.2) is 54.8 Å². The van der Waals surface area contributed by atoms with Crippen LogP contribution in [0.5, 0.6) is 5.75 Å². The summed E-state index contributed by atoms with van der Waals surface area (Å²) in [6.45, 7) is 0.985. The molecule has 2 heterocycles. The second-order valence-electron chi connectivity index (χ2n) is 6.10. The van der Waals surface area contributed by atoms with Crippen LogP contribution >= 0.6 is 0 Å². The van der Waals surface area contributed by atoms with Gasteiger partial charge in [-0.3, -0.25) is 14.4 Å². The minimum absolute atomic E-state index is 0. The van der Waals surface area contributed by atoms with E-state index in [1.165, 1.54) is 19.1 Å². The van der Waals surface area contributed by atoms with E-state index in [4.69, 9.17) is 9.57 Å². The average molecular weight is 422 g/mol. The van der Waals surface area contributed by atoms with Crippen molar-refractivity contribution < 1.29 is 72.1 Å². The molecule has 2 atom stereocenters. The molecule has 146 valence electrons. The summed E-state index contributed by atoms with van der Waals surface area (Å²) >= 11 is 0. The van der Waals surface area contributed by atoms with Gasteiger partial charge in [-0.15, -0.1) is 0 Å². The number of aromatic hydroxyl groups is 1. The zero-order valence-corrected chi connectivity index (χ0v) is 17.8. The Morgan fingerprint density at radius 3 is 2.64 bits per heavy atom. The van der Waals surface area contributed by atoms with E-state index in [0.29, 0.717) is 10.6 Å². The molecule has 1 aromatic carbocycles. The van der Waals surface area contributed by atoms with Crippen molar-refractivity contribution in [1.29, 1.82) is 0 Å². The summed E-state index contributed by atoms with van der Waals surface area (Å²) in [6.07, 6.45) is -0.648. The molecular formula is C15H15N2NaO9S. The molecule has 0 radical (unpaired) electrons. The third-order valence-electron chi connectivity index (χ3n) is 4.22. The monoisotopic (exact) mass is 422 g/mol. The fourth-order valence-corrected chi connectivity index (χ4v) is 4.29. The van der Waals surface area contributed by atoms with Crippen molar-refractivity contribution in [2.24, 2.45) is 0 Å². The summed E-state index contributed by atoms with van der Waals surface area (Å²) in [7, 11) is -4.24. The molecule has 2 N–H and O–H groups in total. The number of sulfonamides is 1. The molecule has 28 heavy (non-hydrogen) atoms. The number of rotatable bonds is 5. The molecular weight excluding hydrogens is 407 g/mol. The topological polar surface area (TPSA) is 162 Å². The molecule has 0 aliphatic carbocycles. The number of aryl methyl sites for hydroxylation is 1. The van der Waals surface area contributed by atoms with Crippen LogP contribution in [0.3, 0.4) is 0 Å². The summed E-state index contributed by atoms with van der Waals surface area (Å²) in [5.74, 6) is -4.04. The normalized spacial score (nSPS) is 24.8. The van der Waals surface area contributed by atoms with E-state index >= 15 is 0 Å². The fourth-order valence-electron chi connectivity index (χ4n) is 2.85. The van der Waals surface area contributed by atoms with Crippen molar-refractivity contribution in [1.82, 2.24) is 9.79 Å². The first-order valence-electron chi connectivity index (χ1n) is 7.79. The maximum atomic E-state index is 12.5. The van der Waals surface area contributed by atoms with Gasteiger partial charge in [0.25, 0.3) is 11.6 Å². The molecule has 1 amide bonds. The fraction of sp³-hybridized carbons (Fsp3) is 0.400. The maximum absolute atomic E-state index is 12.5. The van der Waals surface area contributed by atoms with Gasteiger partial charge in [-0.05, 0) is 18.6 Å². The van der Waals surface area contributed by atoms with Gasteiger partial charge in [-0.25, -0.2) is 8.42 Å². The minimum Gasteiger partial charge on any atom is -0.544 e. The maximum Gasteiger partial charge on any atom is 1.00 e. The first-order valence-corrected chi connectivity index (χ1v) is 9.27. The first kappa shape index (κ1) is 22.6. The number of carbonyl (C=O) groups excluding carboxylic acids is 3. The Kier molecular flexibility index (Phi) is 6.43. The molecule has 2 saturated heterocycles. The van der Waals surface area contributed by atoms with Crippen molar-refractivity contribution in [2.45, 2.75) is 36.4 Å². The van der Waals surface area contributed by atoms with Crippen LogP contribution in [0, 0.1) is 6.92 Å². The minimum atomic E-state index is -4.24. The number of nitrogens with zero attached hydrogens (tertiary/aromatic N) is 1. The Morgan fingerprint density at radius 2 is 2.07 bits per heavy atom. The van der Waals surface area contributed by atoms with Gasteiger partial charge in [-0.2, -0.15) is 9.79 Å². The third kappa shape index (κ3) is 3.88. The molecule has 13 heteroatoms. The quantitative estimate of drug-likeness (QED) is 0.349. The average Bonchev–Trinajstić information content (AvgIpc) is 3.14. The van der Waals surface area contributed by atoms with E-state index in [1.54, 1.807) is 0 Å². The number of esters is 1. The van der Waals surface area contributed by atoms with Crippen molar-refractivity contribution in [2.75, 3.05) is 6.61 Å². The first-order chi connectivity index (χ1) is 12.6. The Hall–Kier alpha value is -1.70. The van der Waals surface area contributed by atoms with Gasteiger partial charge in [0.05, 0.1) is 11.3 Å². The summed E-state index contributed by atoms with van der Waals surface area (Å²) in [4.78, 5) is 40.1. The van der Waals surface area contributed by atoms with Crippen LogP contribution in [-0.2, 0) is 34.0 Å². The molecule has 11 nitrogen and oxygen atoms in total. The number of aliphatic carboxylic acids is 1. The van der Waals surface area contributed by atoms with Crippen molar-refractivity contribution in [3.05, 3.63) is 23.8 Å². The molecule has 0 aromatic heterocycles. The SMILES string of the molecule is Cc1ccc(O)cc1S(=O)(=O)N[C@H]1CON(C2(C(=O)[O-])CCC(=O)O2)C1=O.[Na+].